The first-order chi connectivity index (χ1) is 14.7. The third-order valence-corrected chi connectivity index (χ3v) is 5.06. The van der Waals surface area contributed by atoms with E-state index < -0.39 is 0 Å². The number of nitrogens with one attached hydrogen (secondary N) is 1. The van der Waals surface area contributed by atoms with Crippen LogP contribution in [0.15, 0.2) is 67.1 Å². The molecule has 7 heteroatoms. The number of carbonyl (C=O) groups is 1. The van der Waals surface area contributed by atoms with Gasteiger partial charge >= 0.3 is 0 Å². The van der Waals surface area contributed by atoms with Crippen molar-refractivity contribution in [3.8, 4) is 17.6 Å². The number of aromatic nitrogens is 2. The van der Waals surface area contributed by atoms with Gasteiger partial charge in [-0.3, -0.25) is 9.78 Å². The summed E-state index contributed by atoms with van der Waals surface area (Å²) in [5.74, 6) is 2.11. The SMILES string of the molecule is N#Cc1ccnc(N2CCC(C(=O)Nc3ccc(Oc4cccnc4)cc3)CC2)c1. The fourth-order valence-electron chi connectivity index (χ4n) is 3.43. The van der Waals surface area contributed by atoms with Gasteiger partial charge in [0.05, 0.1) is 17.8 Å². The molecule has 4 rings (SSSR count). The zero-order chi connectivity index (χ0) is 20.8. The molecule has 3 aromatic rings. The van der Waals surface area contributed by atoms with Crippen LogP contribution in [0.2, 0.25) is 0 Å². The Balaban J connectivity index is 1.30. The van der Waals surface area contributed by atoms with Crippen molar-refractivity contribution < 1.29 is 9.53 Å². The molecule has 2 aromatic heterocycles. The van der Waals surface area contributed by atoms with Crippen molar-refractivity contribution in [2.24, 2.45) is 5.92 Å². The quantitative estimate of drug-likeness (QED) is 0.697. The third-order valence-electron chi connectivity index (χ3n) is 5.06. The first-order valence-corrected chi connectivity index (χ1v) is 9.81. The molecule has 1 saturated heterocycles. The van der Waals surface area contributed by atoms with Crippen LogP contribution in [0.1, 0.15) is 18.4 Å². The highest BCUT2D eigenvalue weighted by molar-refractivity contribution is 5.92. The maximum absolute atomic E-state index is 12.7. The van der Waals surface area contributed by atoms with Gasteiger partial charge < -0.3 is 15.0 Å². The first-order valence-electron chi connectivity index (χ1n) is 9.81. The second kappa shape index (κ2) is 9.05. The number of nitrogens with zero attached hydrogens (tertiary/aromatic N) is 4. The lowest BCUT2D eigenvalue weighted by atomic mass is 9.95. The summed E-state index contributed by atoms with van der Waals surface area (Å²) in [7, 11) is 0. The van der Waals surface area contributed by atoms with Crippen molar-refractivity contribution in [3.05, 3.63) is 72.7 Å². The van der Waals surface area contributed by atoms with E-state index in [-0.39, 0.29) is 11.8 Å². The molecule has 0 saturated carbocycles. The van der Waals surface area contributed by atoms with E-state index in [0.29, 0.717) is 17.1 Å². The maximum Gasteiger partial charge on any atom is 0.227 e. The molecule has 0 atom stereocenters. The van der Waals surface area contributed by atoms with Crippen LogP contribution in [0.5, 0.6) is 11.5 Å². The van der Waals surface area contributed by atoms with Gasteiger partial charge in [0.2, 0.25) is 5.91 Å². The molecular weight excluding hydrogens is 378 g/mol. The van der Waals surface area contributed by atoms with E-state index in [2.05, 4.69) is 26.3 Å². The molecular formula is C23H21N5O2. The Morgan fingerprint density at radius 2 is 1.90 bits per heavy atom. The van der Waals surface area contributed by atoms with Crippen LogP contribution in [0.25, 0.3) is 0 Å². The molecule has 150 valence electrons. The minimum Gasteiger partial charge on any atom is -0.456 e. The van der Waals surface area contributed by atoms with E-state index in [1.807, 2.05) is 36.4 Å². The lowest BCUT2D eigenvalue weighted by molar-refractivity contribution is -0.120. The number of carbonyl (C=O) groups excluding carboxylic acids is 1. The molecule has 7 nitrogen and oxygen atoms in total. The Morgan fingerprint density at radius 1 is 1.10 bits per heavy atom. The molecule has 0 radical (unpaired) electrons. The molecule has 1 amide bonds. The van der Waals surface area contributed by atoms with Gasteiger partial charge in [0.15, 0.2) is 0 Å². The van der Waals surface area contributed by atoms with Gasteiger partial charge in [0, 0.05) is 37.1 Å². The van der Waals surface area contributed by atoms with Crippen molar-refractivity contribution in [1.29, 1.82) is 5.26 Å². The predicted octanol–water partition coefficient (Wildman–Crippen LogP) is 4.00. The molecule has 1 N–H and O–H groups in total. The summed E-state index contributed by atoms with van der Waals surface area (Å²) >= 11 is 0. The summed E-state index contributed by atoms with van der Waals surface area (Å²) in [5, 5.41) is 12.0. The Morgan fingerprint density at radius 3 is 2.60 bits per heavy atom. The van der Waals surface area contributed by atoms with Gasteiger partial charge in [-0.2, -0.15) is 5.26 Å². The molecule has 0 aliphatic carbocycles. The fourth-order valence-corrected chi connectivity index (χ4v) is 3.43. The first kappa shape index (κ1) is 19.4. The number of pyridine rings is 2. The highest BCUT2D eigenvalue weighted by Gasteiger charge is 2.25. The average molecular weight is 399 g/mol. The van der Waals surface area contributed by atoms with Gasteiger partial charge in [-0.25, -0.2) is 4.98 Å². The lowest BCUT2D eigenvalue weighted by Gasteiger charge is -2.32. The Hall–Kier alpha value is -3.92. The Kier molecular flexibility index (Phi) is 5.85. The summed E-state index contributed by atoms with van der Waals surface area (Å²) in [4.78, 5) is 23.1. The summed E-state index contributed by atoms with van der Waals surface area (Å²) in [6.07, 6.45) is 6.47. The molecule has 0 unspecified atom stereocenters. The Labute approximate surface area is 175 Å². The number of amides is 1. The number of nitriles is 1. The van der Waals surface area contributed by atoms with E-state index >= 15 is 0 Å². The van der Waals surface area contributed by atoms with Gasteiger partial charge in [0.1, 0.15) is 17.3 Å². The van der Waals surface area contributed by atoms with Crippen LogP contribution in [-0.4, -0.2) is 29.0 Å². The van der Waals surface area contributed by atoms with Crippen molar-refractivity contribution in [3.63, 3.8) is 0 Å². The van der Waals surface area contributed by atoms with Crippen LogP contribution in [0.4, 0.5) is 11.5 Å². The lowest BCUT2D eigenvalue weighted by Crippen LogP contribution is -2.38. The second-order valence-corrected chi connectivity index (χ2v) is 7.08. The zero-order valence-corrected chi connectivity index (χ0v) is 16.4. The summed E-state index contributed by atoms with van der Waals surface area (Å²) in [6.45, 7) is 1.47. The number of piperidine rings is 1. The van der Waals surface area contributed by atoms with E-state index in [4.69, 9.17) is 10.00 Å². The monoisotopic (exact) mass is 399 g/mol. The third kappa shape index (κ3) is 4.73. The average Bonchev–Trinajstić information content (AvgIpc) is 2.81. The molecule has 1 aliphatic heterocycles. The maximum atomic E-state index is 12.7. The van der Waals surface area contributed by atoms with Crippen LogP contribution in [-0.2, 0) is 4.79 Å². The number of ether oxygens (including phenoxy) is 1. The second-order valence-electron chi connectivity index (χ2n) is 7.08. The fraction of sp³-hybridized carbons (Fsp3) is 0.217. The molecule has 0 spiro atoms. The molecule has 30 heavy (non-hydrogen) atoms. The smallest absolute Gasteiger partial charge is 0.227 e. The highest BCUT2D eigenvalue weighted by atomic mass is 16.5. The van der Waals surface area contributed by atoms with Crippen LogP contribution < -0.4 is 15.0 Å². The number of anilines is 2. The number of benzene rings is 1. The van der Waals surface area contributed by atoms with Gasteiger partial charge in [-0.1, -0.05) is 0 Å². The number of hydrogen-bond acceptors (Lipinski definition) is 6. The van der Waals surface area contributed by atoms with Gasteiger partial charge in [0.25, 0.3) is 0 Å². The number of rotatable bonds is 5. The summed E-state index contributed by atoms with van der Waals surface area (Å²) in [5.41, 5.74) is 1.33. The van der Waals surface area contributed by atoms with E-state index in [0.717, 1.165) is 37.4 Å². The minimum absolute atomic E-state index is 0.0225. The van der Waals surface area contributed by atoms with Crippen molar-refractivity contribution >= 4 is 17.4 Å². The predicted molar refractivity (Wildman–Crippen MR) is 113 cm³/mol. The number of hydrogen-bond donors (Lipinski definition) is 1. The normalized spacial score (nSPS) is 14.0. The van der Waals surface area contributed by atoms with Crippen LogP contribution in [0, 0.1) is 17.2 Å². The zero-order valence-electron chi connectivity index (χ0n) is 16.4. The van der Waals surface area contributed by atoms with E-state index in [1.165, 1.54) is 0 Å². The summed E-state index contributed by atoms with van der Waals surface area (Å²) < 4.78 is 5.72. The van der Waals surface area contributed by atoms with E-state index in [1.54, 1.807) is 30.7 Å². The molecule has 0 bridgehead atoms. The topological polar surface area (TPSA) is 91.1 Å². The molecule has 1 aromatic carbocycles. The minimum atomic E-state index is -0.0493. The largest absolute Gasteiger partial charge is 0.456 e. The van der Waals surface area contributed by atoms with E-state index in [9.17, 15) is 4.79 Å². The van der Waals surface area contributed by atoms with Crippen molar-refractivity contribution in [1.82, 2.24) is 9.97 Å². The van der Waals surface area contributed by atoms with Crippen molar-refractivity contribution in [2.45, 2.75) is 12.8 Å². The molecule has 3 heterocycles. The van der Waals surface area contributed by atoms with Crippen LogP contribution >= 0.6 is 0 Å². The molecule has 1 aliphatic rings. The highest BCUT2D eigenvalue weighted by Crippen LogP contribution is 2.25. The Bertz CT molecular complexity index is 1040. The van der Waals surface area contributed by atoms with Crippen LogP contribution in [0.3, 0.4) is 0 Å². The summed E-state index contributed by atoms with van der Waals surface area (Å²) in [6, 6.07) is 16.6. The van der Waals surface area contributed by atoms with Gasteiger partial charge in [-0.05, 0) is 61.4 Å². The standard InChI is InChI=1S/C23H21N5O2/c24-15-17-7-11-26-22(14-17)28-12-8-18(9-13-28)23(29)27-19-3-5-20(6-4-19)30-21-2-1-10-25-16-21/h1-7,10-11,14,16,18H,8-9,12-13H2,(H,27,29). The van der Waals surface area contributed by atoms with Gasteiger partial charge in [-0.15, -0.1) is 0 Å². The van der Waals surface area contributed by atoms with Crippen molar-refractivity contribution in [2.75, 3.05) is 23.3 Å². The molecule has 1 fully saturated rings.